The van der Waals surface area contributed by atoms with Crippen LogP contribution in [0.3, 0.4) is 0 Å². The molecule has 1 N–H and O–H groups in total. The molecule has 1 aliphatic heterocycles. The van der Waals surface area contributed by atoms with Gasteiger partial charge in [-0.05, 0) is 37.1 Å². The highest BCUT2D eigenvalue weighted by Crippen LogP contribution is 2.19. The normalized spacial score (nSPS) is 19.1. The van der Waals surface area contributed by atoms with Gasteiger partial charge < -0.3 is 10.1 Å². The van der Waals surface area contributed by atoms with Crippen LogP contribution in [0.4, 0.5) is 11.5 Å². The Morgan fingerprint density at radius 2 is 2.14 bits per heavy atom. The smallest absolute Gasteiger partial charge is 0.130 e. The van der Waals surface area contributed by atoms with Gasteiger partial charge >= 0.3 is 0 Å². The molecule has 2 heterocycles. The average Bonchev–Trinajstić information content (AvgIpc) is 2.52. The predicted octanol–water partition coefficient (Wildman–Crippen LogP) is 3.35. The molecule has 0 radical (unpaired) electrons. The molecular formula is C18H23N3O. The minimum atomic E-state index is 0.323. The molecule has 0 unspecified atom stereocenters. The van der Waals surface area contributed by atoms with Crippen LogP contribution in [0.15, 0.2) is 42.6 Å². The Bertz CT molecular complexity index is 612. The van der Waals surface area contributed by atoms with Crippen molar-refractivity contribution in [2.75, 3.05) is 25.0 Å². The molecule has 4 nitrogen and oxygen atoms in total. The maximum atomic E-state index is 5.58. The molecule has 1 atom stereocenters. The van der Waals surface area contributed by atoms with E-state index in [1.807, 2.05) is 24.4 Å². The van der Waals surface area contributed by atoms with Crippen molar-refractivity contribution in [3.05, 3.63) is 53.7 Å². The van der Waals surface area contributed by atoms with Crippen LogP contribution in [0.5, 0.6) is 0 Å². The van der Waals surface area contributed by atoms with Crippen molar-refractivity contribution in [1.82, 2.24) is 9.88 Å². The monoisotopic (exact) mass is 297 g/mol. The molecule has 0 bridgehead atoms. The summed E-state index contributed by atoms with van der Waals surface area (Å²) in [6.07, 6.45) is 2.28. The van der Waals surface area contributed by atoms with Crippen molar-refractivity contribution in [2.45, 2.75) is 26.5 Å². The summed E-state index contributed by atoms with van der Waals surface area (Å²) >= 11 is 0. The second kappa shape index (κ2) is 6.90. The highest BCUT2D eigenvalue weighted by atomic mass is 16.5. The Labute approximate surface area is 132 Å². The third kappa shape index (κ3) is 3.84. The fourth-order valence-corrected chi connectivity index (χ4v) is 2.74. The lowest BCUT2D eigenvalue weighted by atomic mass is 10.2. The minimum Gasteiger partial charge on any atom is -0.376 e. The molecule has 1 saturated heterocycles. The summed E-state index contributed by atoms with van der Waals surface area (Å²) in [6, 6.07) is 12.4. The Hall–Kier alpha value is -1.91. The van der Waals surface area contributed by atoms with E-state index >= 15 is 0 Å². The first-order chi connectivity index (χ1) is 10.7. The number of pyridine rings is 1. The van der Waals surface area contributed by atoms with Gasteiger partial charge in [-0.15, -0.1) is 0 Å². The first-order valence-electron chi connectivity index (χ1n) is 7.82. The van der Waals surface area contributed by atoms with Crippen LogP contribution in [0.1, 0.15) is 18.1 Å². The lowest BCUT2D eigenvalue weighted by molar-refractivity contribution is -0.0212. The maximum Gasteiger partial charge on any atom is 0.130 e. The van der Waals surface area contributed by atoms with E-state index in [4.69, 9.17) is 4.74 Å². The van der Waals surface area contributed by atoms with E-state index < -0.39 is 0 Å². The third-order valence-electron chi connectivity index (χ3n) is 3.96. The molecular weight excluding hydrogens is 274 g/mol. The van der Waals surface area contributed by atoms with Gasteiger partial charge in [0.25, 0.3) is 0 Å². The number of morpholine rings is 1. The molecule has 4 heteroatoms. The third-order valence-corrected chi connectivity index (χ3v) is 3.96. The number of aryl methyl sites for hydroxylation is 1. The van der Waals surface area contributed by atoms with Gasteiger partial charge in [0, 0.05) is 31.5 Å². The first-order valence-corrected chi connectivity index (χ1v) is 7.82. The molecule has 3 rings (SSSR count). The van der Waals surface area contributed by atoms with Gasteiger partial charge in [-0.3, -0.25) is 4.90 Å². The number of para-hydroxylation sites is 1. The highest BCUT2D eigenvalue weighted by molar-refractivity contribution is 5.59. The summed E-state index contributed by atoms with van der Waals surface area (Å²) in [4.78, 5) is 6.95. The van der Waals surface area contributed by atoms with E-state index in [0.717, 1.165) is 37.7 Å². The molecule has 1 aliphatic rings. The van der Waals surface area contributed by atoms with Crippen LogP contribution in [0.25, 0.3) is 0 Å². The van der Waals surface area contributed by atoms with Gasteiger partial charge in [-0.2, -0.15) is 0 Å². The Balaban J connectivity index is 1.62. The van der Waals surface area contributed by atoms with Crippen molar-refractivity contribution < 1.29 is 4.74 Å². The minimum absolute atomic E-state index is 0.323. The molecule has 22 heavy (non-hydrogen) atoms. The largest absolute Gasteiger partial charge is 0.376 e. The quantitative estimate of drug-likeness (QED) is 0.939. The zero-order valence-electron chi connectivity index (χ0n) is 13.2. The summed E-state index contributed by atoms with van der Waals surface area (Å²) < 4.78 is 5.58. The van der Waals surface area contributed by atoms with Crippen molar-refractivity contribution >= 4 is 11.5 Å². The van der Waals surface area contributed by atoms with E-state index in [0.29, 0.717) is 6.10 Å². The molecule has 1 aromatic heterocycles. The molecule has 116 valence electrons. The first kappa shape index (κ1) is 15.0. The molecule has 0 amide bonds. The summed E-state index contributed by atoms with van der Waals surface area (Å²) in [5.74, 6) is 0.883. The molecule has 0 spiro atoms. The van der Waals surface area contributed by atoms with Crippen molar-refractivity contribution in [1.29, 1.82) is 0 Å². The molecule has 0 aliphatic carbocycles. The van der Waals surface area contributed by atoms with Crippen LogP contribution in [0.2, 0.25) is 0 Å². The Kier molecular flexibility index (Phi) is 4.71. The highest BCUT2D eigenvalue weighted by Gasteiger charge is 2.16. The molecule has 1 aromatic carbocycles. The molecule has 2 aromatic rings. The fourth-order valence-electron chi connectivity index (χ4n) is 2.74. The number of ether oxygens (including phenoxy) is 1. The predicted molar refractivity (Wildman–Crippen MR) is 89.4 cm³/mol. The number of rotatable bonds is 4. The average molecular weight is 297 g/mol. The van der Waals surface area contributed by atoms with E-state index in [1.54, 1.807) is 0 Å². The fraction of sp³-hybridized carbons (Fsp3) is 0.389. The summed E-state index contributed by atoms with van der Waals surface area (Å²) in [6.45, 7) is 7.96. The molecule has 1 fully saturated rings. The van der Waals surface area contributed by atoms with Gasteiger partial charge in [0.05, 0.1) is 12.7 Å². The number of nitrogens with zero attached hydrogens (tertiary/aromatic N) is 2. The van der Waals surface area contributed by atoms with Crippen LogP contribution in [0, 0.1) is 6.92 Å². The second-order valence-electron chi connectivity index (χ2n) is 5.91. The number of hydrogen-bond donors (Lipinski definition) is 1. The van der Waals surface area contributed by atoms with Crippen LogP contribution in [-0.2, 0) is 11.3 Å². The van der Waals surface area contributed by atoms with Crippen molar-refractivity contribution in [2.24, 2.45) is 0 Å². The number of aromatic nitrogens is 1. The number of nitrogens with one attached hydrogen (secondary N) is 1. The zero-order chi connectivity index (χ0) is 15.4. The van der Waals surface area contributed by atoms with Crippen LogP contribution >= 0.6 is 0 Å². The van der Waals surface area contributed by atoms with Gasteiger partial charge in [0.15, 0.2) is 0 Å². The van der Waals surface area contributed by atoms with E-state index in [9.17, 15) is 0 Å². The van der Waals surface area contributed by atoms with Crippen LogP contribution in [-0.4, -0.2) is 35.7 Å². The summed E-state index contributed by atoms with van der Waals surface area (Å²) in [7, 11) is 0. The topological polar surface area (TPSA) is 37.4 Å². The van der Waals surface area contributed by atoms with Gasteiger partial charge in [-0.1, -0.05) is 24.3 Å². The van der Waals surface area contributed by atoms with E-state index in [1.165, 1.54) is 11.1 Å². The second-order valence-corrected chi connectivity index (χ2v) is 5.91. The standard InChI is InChI=1S/C18H23N3O/c1-14-5-3-4-6-17(14)20-18-8-7-16(11-19-18)13-21-9-10-22-15(2)12-21/h3-8,11,15H,9-10,12-13H2,1-2H3,(H,19,20)/t15-/m0/s1. The van der Waals surface area contributed by atoms with Gasteiger partial charge in [0.2, 0.25) is 0 Å². The number of anilines is 2. The zero-order valence-corrected chi connectivity index (χ0v) is 13.2. The summed E-state index contributed by atoms with van der Waals surface area (Å²) in [5, 5.41) is 3.37. The van der Waals surface area contributed by atoms with Gasteiger partial charge in [-0.25, -0.2) is 4.98 Å². The summed E-state index contributed by atoms with van der Waals surface area (Å²) in [5.41, 5.74) is 3.56. The lowest BCUT2D eigenvalue weighted by Crippen LogP contribution is -2.40. The number of benzene rings is 1. The SMILES string of the molecule is Cc1ccccc1Nc1ccc(CN2CCO[C@@H](C)C2)cn1. The van der Waals surface area contributed by atoms with E-state index in [-0.39, 0.29) is 0 Å². The molecule has 0 saturated carbocycles. The van der Waals surface area contributed by atoms with Crippen molar-refractivity contribution in [3.8, 4) is 0 Å². The Morgan fingerprint density at radius 1 is 1.27 bits per heavy atom. The maximum absolute atomic E-state index is 5.58. The van der Waals surface area contributed by atoms with Crippen molar-refractivity contribution in [3.63, 3.8) is 0 Å². The van der Waals surface area contributed by atoms with Gasteiger partial charge in [0.1, 0.15) is 5.82 Å². The Morgan fingerprint density at radius 3 is 2.86 bits per heavy atom. The lowest BCUT2D eigenvalue weighted by Gasteiger charge is -2.30. The number of hydrogen-bond acceptors (Lipinski definition) is 4. The van der Waals surface area contributed by atoms with Crippen LogP contribution < -0.4 is 5.32 Å². The van der Waals surface area contributed by atoms with E-state index in [2.05, 4.69) is 47.2 Å².